The molecule has 0 spiro atoms. The summed E-state index contributed by atoms with van der Waals surface area (Å²) in [6.07, 6.45) is 0.955. The minimum atomic E-state index is -0.722. The number of hydrogen-bond acceptors (Lipinski definition) is 3. The van der Waals surface area contributed by atoms with Crippen LogP contribution >= 0.6 is 0 Å². The molecule has 132 valence electrons. The lowest BCUT2D eigenvalue weighted by Crippen LogP contribution is -2.23. The van der Waals surface area contributed by atoms with Crippen molar-refractivity contribution < 1.29 is 14.6 Å². The van der Waals surface area contributed by atoms with Crippen LogP contribution in [0.2, 0.25) is 0 Å². The van der Waals surface area contributed by atoms with Crippen LogP contribution in [0.4, 0.5) is 0 Å². The van der Waals surface area contributed by atoms with E-state index in [1.165, 1.54) is 5.56 Å². The Labute approximate surface area is 149 Å². The fraction of sp³-hybridized carbons (Fsp3) is 0.381. The van der Waals surface area contributed by atoms with E-state index in [1.54, 1.807) is 0 Å². The summed E-state index contributed by atoms with van der Waals surface area (Å²) in [6, 6.07) is 18.1. The monoisotopic (exact) mass is 339 g/mol. The third kappa shape index (κ3) is 4.40. The van der Waals surface area contributed by atoms with E-state index in [0.717, 1.165) is 30.8 Å². The molecular weight excluding hydrogens is 314 g/mol. The van der Waals surface area contributed by atoms with Crippen LogP contribution in [0, 0.1) is 5.92 Å². The van der Waals surface area contributed by atoms with Gasteiger partial charge in [0.2, 0.25) is 0 Å². The van der Waals surface area contributed by atoms with Gasteiger partial charge in [-0.25, -0.2) is 0 Å². The SMILES string of the molecule is CCCOc1cccc(C2CN(Cc3ccccc3)CC2C(=O)O)c1. The lowest BCUT2D eigenvalue weighted by Gasteiger charge is -2.17. The van der Waals surface area contributed by atoms with Gasteiger partial charge in [-0.1, -0.05) is 49.4 Å². The van der Waals surface area contributed by atoms with Crippen molar-refractivity contribution in [3.63, 3.8) is 0 Å². The van der Waals surface area contributed by atoms with Gasteiger partial charge in [0.15, 0.2) is 0 Å². The molecule has 1 aliphatic rings. The van der Waals surface area contributed by atoms with Gasteiger partial charge in [-0.15, -0.1) is 0 Å². The highest BCUT2D eigenvalue weighted by molar-refractivity contribution is 5.72. The molecule has 4 nitrogen and oxygen atoms in total. The predicted molar refractivity (Wildman–Crippen MR) is 97.8 cm³/mol. The van der Waals surface area contributed by atoms with Crippen molar-refractivity contribution in [3.05, 3.63) is 65.7 Å². The Balaban J connectivity index is 1.76. The van der Waals surface area contributed by atoms with E-state index in [-0.39, 0.29) is 11.8 Å². The highest BCUT2D eigenvalue weighted by Crippen LogP contribution is 2.35. The van der Waals surface area contributed by atoms with E-state index < -0.39 is 5.97 Å². The average Bonchev–Trinajstić information content (AvgIpc) is 3.05. The summed E-state index contributed by atoms with van der Waals surface area (Å²) in [5, 5.41) is 9.68. The number of ether oxygens (including phenoxy) is 1. The van der Waals surface area contributed by atoms with E-state index >= 15 is 0 Å². The molecule has 4 heteroatoms. The number of aliphatic carboxylic acids is 1. The Hall–Kier alpha value is -2.33. The van der Waals surface area contributed by atoms with Gasteiger partial charge in [-0.2, -0.15) is 0 Å². The molecule has 0 saturated carbocycles. The van der Waals surface area contributed by atoms with Crippen LogP contribution in [0.25, 0.3) is 0 Å². The highest BCUT2D eigenvalue weighted by atomic mass is 16.5. The molecule has 1 saturated heterocycles. The zero-order valence-electron chi connectivity index (χ0n) is 14.6. The Morgan fingerprint density at radius 1 is 1.16 bits per heavy atom. The minimum Gasteiger partial charge on any atom is -0.494 e. The summed E-state index contributed by atoms with van der Waals surface area (Å²) < 4.78 is 5.71. The highest BCUT2D eigenvalue weighted by Gasteiger charge is 2.38. The van der Waals surface area contributed by atoms with E-state index in [4.69, 9.17) is 4.74 Å². The number of rotatable bonds is 7. The Bertz CT molecular complexity index is 701. The smallest absolute Gasteiger partial charge is 0.308 e. The summed E-state index contributed by atoms with van der Waals surface area (Å²) in [5.74, 6) is -0.290. The quantitative estimate of drug-likeness (QED) is 0.834. The molecule has 0 aromatic heterocycles. The molecule has 0 radical (unpaired) electrons. The molecule has 2 aromatic rings. The number of carboxylic acids is 1. The number of likely N-dealkylation sites (tertiary alicyclic amines) is 1. The first-order chi connectivity index (χ1) is 12.2. The van der Waals surface area contributed by atoms with Crippen LogP contribution in [0.15, 0.2) is 54.6 Å². The second kappa shape index (κ2) is 8.17. The number of carbonyl (C=O) groups is 1. The van der Waals surface area contributed by atoms with Crippen LogP contribution in [0.5, 0.6) is 5.75 Å². The standard InChI is InChI=1S/C21H25NO3/c1-2-11-25-18-10-6-9-17(12-18)19-14-22(15-20(19)21(23)24)13-16-7-4-3-5-8-16/h3-10,12,19-20H,2,11,13-15H2,1H3,(H,23,24). The number of hydrogen-bond donors (Lipinski definition) is 1. The molecule has 3 rings (SSSR count). The molecule has 0 bridgehead atoms. The van der Waals surface area contributed by atoms with Gasteiger partial charge in [-0.3, -0.25) is 9.69 Å². The van der Waals surface area contributed by atoms with E-state index in [1.807, 2.05) is 42.5 Å². The van der Waals surface area contributed by atoms with Crippen LogP contribution < -0.4 is 4.74 Å². The van der Waals surface area contributed by atoms with Gasteiger partial charge in [0.25, 0.3) is 0 Å². The van der Waals surface area contributed by atoms with Gasteiger partial charge in [0.05, 0.1) is 12.5 Å². The van der Waals surface area contributed by atoms with Crippen molar-refractivity contribution in [1.29, 1.82) is 0 Å². The van der Waals surface area contributed by atoms with Crippen molar-refractivity contribution in [1.82, 2.24) is 4.90 Å². The largest absolute Gasteiger partial charge is 0.494 e. The van der Waals surface area contributed by atoms with Crippen molar-refractivity contribution in [3.8, 4) is 5.75 Å². The maximum absolute atomic E-state index is 11.8. The average molecular weight is 339 g/mol. The van der Waals surface area contributed by atoms with Crippen LogP contribution in [0.3, 0.4) is 0 Å². The lowest BCUT2D eigenvalue weighted by atomic mass is 9.89. The first kappa shape index (κ1) is 17.5. The first-order valence-electron chi connectivity index (χ1n) is 8.89. The van der Waals surface area contributed by atoms with Crippen molar-refractivity contribution >= 4 is 5.97 Å². The topological polar surface area (TPSA) is 49.8 Å². The Morgan fingerprint density at radius 2 is 1.96 bits per heavy atom. The normalized spacial score (nSPS) is 20.5. The van der Waals surface area contributed by atoms with Crippen molar-refractivity contribution in [2.75, 3.05) is 19.7 Å². The first-order valence-corrected chi connectivity index (χ1v) is 8.89. The summed E-state index contributed by atoms with van der Waals surface area (Å²) in [7, 11) is 0. The third-order valence-electron chi connectivity index (χ3n) is 4.72. The molecule has 2 unspecified atom stereocenters. The summed E-state index contributed by atoms with van der Waals surface area (Å²) in [6.45, 7) is 4.87. The lowest BCUT2D eigenvalue weighted by molar-refractivity contribution is -0.141. The minimum absolute atomic E-state index is 0.00797. The van der Waals surface area contributed by atoms with Crippen LogP contribution in [-0.4, -0.2) is 35.7 Å². The van der Waals surface area contributed by atoms with E-state index in [2.05, 4.69) is 24.0 Å². The fourth-order valence-electron chi connectivity index (χ4n) is 3.50. The second-order valence-electron chi connectivity index (χ2n) is 6.65. The summed E-state index contributed by atoms with van der Waals surface area (Å²) in [5.41, 5.74) is 2.27. The number of nitrogens with zero attached hydrogens (tertiary/aromatic N) is 1. The van der Waals surface area contributed by atoms with Gasteiger partial charge in [0.1, 0.15) is 5.75 Å². The van der Waals surface area contributed by atoms with Gasteiger partial charge >= 0.3 is 5.97 Å². The molecule has 1 N–H and O–H groups in total. The maximum Gasteiger partial charge on any atom is 0.308 e. The molecule has 1 aliphatic heterocycles. The zero-order chi connectivity index (χ0) is 17.6. The molecule has 0 amide bonds. The van der Waals surface area contributed by atoms with Crippen molar-refractivity contribution in [2.45, 2.75) is 25.8 Å². The van der Waals surface area contributed by atoms with Gasteiger partial charge in [0, 0.05) is 25.6 Å². The molecule has 2 atom stereocenters. The van der Waals surface area contributed by atoms with Gasteiger partial charge < -0.3 is 9.84 Å². The molecular formula is C21H25NO3. The zero-order valence-corrected chi connectivity index (χ0v) is 14.6. The van der Waals surface area contributed by atoms with Crippen LogP contribution in [-0.2, 0) is 11.3 Å². The van der Waals surface area contributed by atoms with E-state index in [9.17, 15) is 9.90 Å². The van der Waals surface area contributed by atoms with Crippen LogP contribution in [0.1, 0.15) is 30.4 Å². The Kier molecular flexibility index (Phi) is 5.71. The van der Waals surface area contributed by atoms with Crippen molar-refractivity contribution in [2.24, 2.45) is 5.92 Å². The Morgan fingerprint density at radius 3 is 2.68 bits per heavy atom. The summed E-state index contributed by atoms with van der Waals surface area (Å²) in [4.78, 5) is 14.0. The molecule has 2 aromatic carbocycles. The second-order valence-corrected chi connectivity index (χ2v) is 6.65. The number of carboxylic acid groups (broad SMARTS) is 1. The molecule has 25 heavy (non-hydrogen) atoms. The molecule has 1 fully saturated rings. The molecule has 1 heterocycles. The third-order valence-corrected chi connectivity index (χ3v) is 4.72. The molecule has 0 aliphatic carbocycles. The van der Waals surface area contributed by atoms with Gasteiger partial charge in [-0.05, 0) is 29.7 Å². The number of benzene rings is 2. The summed E-state index contributed by atoms with van der Waals surface area (Å²) >= 11 is 0. The maximum atomic E-state index is 11.8. The van der Waals surface area contributed by atoms with E-state index in [0.29, 0.717) is 13.2 Å². The fourth-order valence-corrected chi connectivity index (χ4v) is 3.50. The predicted octanol–water partition coefficient (Wildman–Crippen LogP) is 3.78.